The summed E-state index contributed by atoms with van der Waals surface area (Å²) < 4.78 is 0. The first kappa shape index (κ1) is 35.1. The summed E-state index contributed by atoms with van der Waals surface area (Å²) in [5.74, 6) is -0.336. The Labute approximate surface area is 282 Å². The topological polar surface area (TPSA) is 112 Å². The van der Waals surface area contributed by atoms with E-state index in [1.54, 1.807) is 53.6 Å². The van der Waals surface area contributed by atoms with Crippen LogP contribution in [0.1, 0.15) is 56.9 Å². The van der Waals surface area contributed by atoms with E-state index in [-0.39, 0.29) is 35.1 Å². The summed E-state index contributed by atoms with van der Waals surface area (Å²) in [5.41, 5.74) is 10.6. The lowest BCUT2D eigenvalue weighted by molar-refractivity contribution is 0.0663. The van der Waals surface area contributed by atoms with E-state index in [0.29, 0.717) is 54.3 Å². The minimum atomic E-state index is -0.352. The Kier molecular flexibility index (Phi) is 12.1. The molecule has 3 N–H and O–H groups in total. The summed E-state index contributed by atoms with van der Waals surface area (Å²) in [6.45, 7) is 15.5. The van der Waals surface area contributed by atoms with Crippen LogP contribution in [-0.2, 0) is 0 Å². The summed E-state index contributed by atoms with van der Waals surface area (Å²) >= 11 is 6.11. The molecule has 0 spiro atoms. The number of piperazine rings is 1. The van der Waals surface area contributed by atoms with Crippen molar-refractivity contribution in [1.29, 1.82) is 0 Å². The molecule has 3 amide bonds. The smallest absolute Gasteiger partial charge is 0.255 e. The van der Waals surface area contributed by atoms with Gasteiger partial charge in [0.05, 0.1) is 5.56 Å². The predicted octanol–water partition coefficient (Wildman–Crippen LogP) is 5.71. The van der Waals surface area contributed by atoms with E-state index in [2.05, 4.69) is 35.4 Å². The molecule has 1 aromatic heterocycles. The molecule has 2 saturated heterocycles. The third-order valence-corrected chi connectivity index (χ3v) is 8.45. The number of carbonyl (C=O) groups excluding carboxylic acids is 3. The highest BCUT2D eigenvalue weighted by Gasteiger charge is 2.29. The lowest BCUT2D eigenvalue weighted by Gasteiger charge is -2.32. The van der Waals surface area contributed by atoms with Crippen LogP contribution in [0.15, 0.2) is 91.1 Å². The van der Waals surface area contributed by atoms with E-state index in [1.165, 1.54) is 0 Å². The van der Waals surface area contributed by atoms with Gasteiger partial charge < -0.3 is 25.8 Å². The van der Waals surface area contributed by atoms with E-state index < -0.39 is 0 Å². The quantitative estimate of drug-likeness (QED) is 0.301. The van der Waals surface area contributed by atoms with Crippen LogP contribution in [0.25, 0.3) is 16.7 Å². The SMILES string of the molecule is C=C/C=C(\C(=C)Cl)c1ccc(C(=O)N2CCC(NC(=O)c3cc(-c4ccc(C(=O)N5CCN(C)CC5)cc4)cnc3N)C2)cc1.CC. The van der Waals surface area contributed by atoms with Gasteiger partial charge in [0.25, 0.3) is 17.7 Å². The molecule has 2 aliphatic rings. The number of hydrogen-bond donors (Lipinski definition) is 2. The Bertz CT molecular complexity index is 1640. The molecule has 1 unspecified atom stereocenters. The van der Waals surface area contributed by atoms with Crippen LogP contribution in [-0.4, -0.2) is 89.8 Å². The summed E-state index contributed by atoms with van der Waals surface area (Å²) in [7, 11) is 2.05. The maximum absolute atomic E-state index is 13.3. The average molecular weight is 655 g/mol. The van der Waals surface area contributed by atoms with Crippen molar-refractivity contribution in [3.8, 4) is 11.1 Å². The Morgan fingerprint density at radius 1 is 0.894 bits per heavy atom. The van der Waals surface area contributed by atoms with Crippen molar-refractivity contribution in [1.82, 2.24) is 25.0 Å². The maximum Gasteiger partial charge on any atom is 0.255 e. The van der Waals surface area contributed by atoms with Gasteiger partial charge in [-0.05, 0) is 60.5 Å². The Morgan fingerprint density at radius 2 is 1.47 bits per heavy atom. The first-order valence-corrected chi connectivity index (χ1v) is 16.2. The fourth-order valence-electron chi connectivity index (χ4n) is 5.57. The second-order valence-electron chi connectivity index (χ2n) is 11.3. The van der Waals surface area contributed by atoms with Crippen LogP contribution in [0.4, 0.5) is 5.82 Å². The number of nitrogens with zero attached hydrogens (tertiary/aromatic N) is 4. The van der Waals surface area contributed by atoms with Crippen LogP contribution < -0.4 is 11.1 Å². The van der Waals surface area contributed by atoms with Gasteiger partial charge in [0.2, 0.25) is 0 Å². The van der Waals surface area contributed by atoms with Gasteiger partial charge in [0.15, 0.2) is 0 Å². The van der Waals surface area contributed by atoms with Crippen molar-refractivity contribution in [3.05, 3.63) is 113 Å². The lowest BCUT2D eigenvalue weighted by Crippen LogP contribution is -2.47. The van der Waals surface area contributed by atoms with Crippen LogP contribution in [0, 0.1) is 0 Å². The van der Waals surface area contributed by atoms with Crippen molar-refractivity contribution in [3.63, 3.8) is 0 Å². The Morgan fingerprint density at radius 3 is 2.06 bits per heavy atom. The number of nitrogen functional groups attached to an aromatic ring is 1. The number of halogens is 1. The number of allylic oxidation sites excluding steroid dienone is 4. The average Bonchev–Trinajstić information content (AvgIpc) is 3.56. The van der Waals surface area contributed by atoms with Crippen LogP contribution in [0.3, 0.4) is 0 Å². The molecule has 9 nitrogen and oxygen atoms in total. The summed E-state index contributed by atoms with van der Waals surface area (Å²) in [6, 6.07) is 16.0. The van der Waals surface area contributed by atoms with Gasteiger partial charge in [-0.1, -0.05) is 75.0 Å². The van der Waals surface area contributed by atoms with Crippen molar-refractivity contribution >= 4 is 40.7 Å². The molecule has 2 aliphatic heterocycles. The monoisotopic (exact) mass is 654 g/mol. The van der Waals surface area contributed by atoms with Crippen molar-refractivity contribution < 1.29 is 14.4 Å². The van der Waals surface area contributed by atoms with Crippen LogP contribution in [0.2, 0.25) is 0 Å². The number of likely N-dealkylation sites (tertiary alicyclic amines) is 1. The fourth-order valence-corrected chi connectivity index (χ4v) is 5.75. The minimum absolute atomic E-state index is 0.0127. The summed E-state index contributed by atoms with van der Waals surface area (Å²) in [6.07, 6.45) is 5.64. The minimum Gasteiger partial charge on any atom is -0.383 e. The second kappa shape index (κ2) is 16.2. The third-order valence-electron chi connectivity index (χ3n) is 8.25. The number of likely N-dealkylation sites (N-methyl/N-ethyl adjacent to an activating group) is 1. The van der Waals surface area contributed by atoms with Gasteiger partial charge in [-0.3, -0.25) is 14.4 Å². The predicted molar refractivity (Wildman–Crippen MR) is 190 cm³/mol. The molecule has 5 rings (SSSR count). The molecule has 0 aliphatic carbocycles. The normalized spacial score (nSPS) is 16.6. The molecule has 2 aromatic carbocycles. The number of nitrogens with two attached hydrogens (primary N) is 1. The number of anilines is 1. The molecule has 2 fully saturated rings. The molecule has 246 valence electrons. The first-order chi connectivity index (χ1) is 22.6. The zero-order valence-electron chi connectivity index (χ0n) is 27.3. The summed E-state index contributed by atoms with van der Waals surface area (Å²) in [5, 5.41) is 3.41. The van der Waals surface area contributed by atoms with E-state index in [1.807, 2.05) is 43.0 Å². The molecule has 1 atom stereocenters. The van der Waals surface area contributed by atoms with E-state index >= 15 is 0 Å². The molecular weight excluding hydrogens is 612 g/mol. The standard InChI is InChI=1S/C35H37ClN6O3.C2H6/c1-4-5-30(23(2)36)25-8-12-27(13-9-25)35(45)42-15-14-29(22-42)39-33(43)31-20-28(21-38-32(31)37)24-6-10-26(11-7-24)34(44)41-18-16-40(3)17-19-41;1-2/h4-13,20-21,29H,1-2,14-19,22H2,3H3,(H2,37,38)(H,39,43);1-2H3/b30-5+;. The highest BCUT2D eigenvalue weighted by atomic mass is 35.5. The largest absolute Gasteiger partial charge is 0.383 e. The maximum atomic E-state index is 13.3. The summed E-state index contributed by atoms with van der Waals surface area (Å²) in [4.78, 5) is 49.5. The molecule has 3 aromatic rings. The van der Waals surface area contributed by atoms with Crippen molar-refractivity contribution in [2.75, 3.05) is 52.0 Å². The van der Waals surface area contributed by atoms with Gasteiger partial charge in [-0.25, -0.2) is 4.98 Å². The molecular formula is C37H43ClN6O3. The number of nitrogens with one attached hydrogen (secondary N) is 1. The molecule has 3 heterocycles. The zero-order valence-corrected chi connectivity index (χ0v) is 28.1. The Balaban J connectivity index is 0.00000245. The lowest BCUT2D eigenvalue weighted by atomic mass is 10.0. The highest BCUT2D eigenvalue weighted by Crippen LogP contribution is 2.26. The number of pyridine rings is 1. The van der Waals surface area contributed by atoms with E-state index in [9.17, 15) is 14.4 Å². The van der Waals surface area contributed by atoms with Gasteiger partial charge >= 0.3 is 0 Å². The molecule has 0 bridgehead atoms. The van der Waals surface area contributed by atoms with Crippen molar-refractivity contribution in [2.45, 2.75) is 26.3 Å². The van der Waals surface area contributed by atoms with Crippen LogP contribution >= 0.6 is 11.6 Å². The number of rotatable bonds is 8. The highest BCUT2D eigenvalue weighted by molar-refractivity contribution is 6.36. The molecule has 0 saturated carbocycles. The fraction of sp³-hybridized carbons (Fsp3) is 0.297. The second-order valence-corrected chi connectivity index (χ2v) is 11.8. The van der Waals surface area contributed by atoms with Crippen LogP contribution in [0.5, 0.6) is 0 Å². The first-order valence-electron chi connectivity index (χ1n) is 15.9. The van der Waals surface area contributed by atoms with Gasteiger partial charge in [0.1, 0.15) is 5.82 Å². The molecule has 47 heavy (non-hydrogen) atoms. The molecule has 10 heteroatoms. The number of benzene rings is 2. The van der Waals surface area contributed by atoms with Gasteiger partial charge in [-0.2, -0.15) is 0 Å². The number of amides is 3. The van der Waals surface area contributed by atoms with Gasteiger partial charge in [0, 0.05) is 73.2 Å². The van der Waals surface area contributed by atoms with E-state index in [0.717, 1.165) is 29.8 Å². The van der Waals surface area contributed by atoms with Gasteiger partial charge in [-0.15, -0.1) is 0 Å². The number of carbonyl (C=O) groups is 3. The third kappa shape index (κ3) is 8.55. The number of aromatic nitrogens is 1. The number of hydrogen-bond acceptors (Lipinski definition) is 6. The Hall–Kier alpha value is -4.73. The van der Waals surface area contributed by atoms with Crippen molar-refractivity contribution in [2.24, 2.45) is 0 Å². The van der Waals surface area contributed by atoms with E-state index in [4.69, 9.17) is 17.3 Å². The zero-order chi connectivity index (χ0) is 34.1. The molecule has 0 radical (unpaired) electrons.